The van der Waals surface area contributed by atoms with Gasteiger partial charge < -0.3 is 9.30 Å². The third-order valence-electron chi connectivity index (χ3n) is 6.83. The number of pyridine rings is 1. The Labute approximate surface area is 244 Å². The normalized spacial score (nSPS) is 13.2. The van der Waals surface area contributed by atoms with Crippen LogP contribution in [0.25, 0.3) is 21.8 Å². The maximum atomic E-state index is 14.1. The van der Waals surface area contributed by atoms with Gasteiger partial charge in [0.25, 0.3) is 0 Å². The summed E-state index contributed by atoms with van der Waals surface area (Å²) in [5, 5.41) is 2.80. The molecule has 0 aliphatic carbocycles. The van der Waals surface area contributed by atoms with Crippen molar-refractivity contribution in [3.05, 3.63) is 101 Å². The highest BCUT2D eigenvalue weighted by molar-refractivity contribution is 7.86. The molecule has 2 aromatic heterocycles. The summed E-state index contributed by atoms with van der Waals surface area (Å²) in [6, 6.07) is 26.3. The van der Waals surface area contributed by atoms with Crippen molar-refractivity contribution < 1.29 is 8.95 Å². The molecule has 0 bridgehead atoms. The number of ether oxygens (including phenoxy) is 1. The van der Waals surface area contributed by atoms with E-state index in [1.54, 1.807) is 0 Å². The summed E-state index contributed by atoms with van der Waals surface area (Å²) in [5.41, 5.74) is 5.13. The molecule has 0 aliphatic rings. The molecule has 0 fully saturated rings. The Hall–Kier alpha value is -3.15. The molecule has 3 aromatic carbocycles. The van der Waals surface area contributed by atoms with Gasteiger partial charge in [-0.25, -0.2) is 4.98 Å². The molecule has 2 heterocycles. The van der Waals surface area contributed by atoms with Crippen LogP contribution in [0.15, 0.2) is 83.8 Å². The fraction of sp³-hybridized carbons (Fsp3) is 0.324. The van der Waals surface area contributed by atoms with E-state index in [4.69, 9.17) is 21.3 Å². The van der Waals surface area contributed by atoms with Gasteiger partial charge in [-0.3, -0.25) is 4.21 Å². The van der Waals surface area contributed by atoms with Gasteiger partial charge in [0.15, 0.2) is 0 Å². The highest BCUT2D eigenvalue weighted by Crippen LogP contribution is 2.39. The van der Waals surface area contributed by atoms with Crippen molar-refractivity contribution >= 4 is 44.2 Å². The zero-order valence-corrected chi connectivity index (χ0v) is 25.7. The molecule has 1 unspecified atom stereocenters. The van der Waals surface area contributed by atoms with E-state index in [0.29, 0.717) is 18.2 Å². The van der Waals surface area contributed by atoms with Gasteiger partial charge in [-0.05, 0) is 80.6 Å². The van der Waals surface area contributed by atoms with Crippen molar-refractivity contribution in [2.45, 2.75) is 70.8 Å². The van der Waals surface area contributed by atoms with Crippen molar-refractivity contribution in [3.63, 3.8) is 0 Å². The number of para-hydroxylation sites is 1. The molecule has 4 nitrogen and oxygen atoms in total. The summed E-state index contributed by atoms with van der Waals surface area (Å²) in [6.07, 6.45) is 0.795. The molecule has 40 heavy (non-hydrogen) atoms. The van der Waals surface area contributed by atoms with Gasteiger partial charge >= 0.3 is 0 Å². The summed E-state index contributed by atoms with van der Waals surface area (Å²) in [7, 11) is -1.24. The number of aromatic nitrogens is 2. The molecular formula is C34H37ClN2O2S. The van der Waals surface area contributed by atoms with Crippen LogP contribution in [0.4, 0.5) is 0 Å². The average Bonchev–Trinajstić information content (AvgIpc) is 3.18. The third-order valence-corrected chi connectivity index (χ3v) is 9.02. The first-order valence-electron chi connectivity index (χ1n) is 13.7. The van der Waals surface area contributed by atoms with Crippen LogP contribution in [-0.4, -0.2) is 18.5 Å². The molecule has 0 saturated heterocycles. The molecule has 0 radical (unpaired) electrons. The quantitative estimate of drug-likeness (QED) is 0.195. The predicted molar refractivity (Wildman–Crippen MR) is 168 cm³/mol. The van der Waals surface area contributed by atoms with Gasteiger partial charge in [0.05, 0.1) is 32.4 Å². The molecule has 0 spiro atoms. The molecule has 0 amide bonds. The van der Waals surface area contributed by atoms with Crippen LogP contribution in [0.3, 0.4) is 0 Å². The SMILES string of the molecule is CC(C)(C)Cc1c(S(=O)C(C)(C)C)c2cc(OCc3ccc4ccccc4n3)ccc2n1Cc1ccc(Cl)cc1. The van der Waals surface area contributed by atoms with E-state index >= 15 is 0 Å². The van der Waals surface area contributed by atoms with Crippen LogP contribution >= 0.6 is 11.6 Å². The Kier molecular flexibility index (Phi) is 7.82. The minimum atomic E-state index is -1.24. The Morgan fingerprint density at radius 1 is 0.900 bits per heavy atom. The lowest BCUT2D eigenvalue weighted by Crippen LogP contribution is -2.24. The molecule has 0 aliphatic heterocycles. The molecule has 208 valence electrons. The lowest BCUT2D eigenvalue weighted by atomic mass is 9.90. The molecule has 0 N–H and O–H groups in total. The lowest BCUT2D eigenvalue weighted by Gasteiger charge is -2.24. The van der Waals surface area contributed by atoms with Crippen molar-refractivity contribution in [2.24, 2.45) is 5.41 Å². The maximum absolute atomic E-state index is 14.1. The average molecular weight is 573 g/mol. The second-order valence-corrected chi connectivity index (χ2v) is 15.2. The molecule has 0 saturated carbocycles. The zero-order valence-electron chi connectivity index (χ0n) is 24.1. The largest absolute Gasteiger partial charge is 0.487 e. The van der Waals surface area contributed by atoms with Crippen LogP contribution in [0, 0.1) is 5.41 Å². The van der Waals surface area contributed by atoms with E-state index in [9.17, 15) is 4.21 Å². The molecule has 6 heteroatoms. The number of nitrogens with zero attached hydrogens (tertiary/aromatic N) is 2. The summed E-state index contributed by atoms with van der Waals surface area (Å²) in [6.45, 7) is 13.8. The number of rotatable bonds is 7. The summed E-state index contributed by atoms with van der Waals surface area (Å²) >= 11 is 6.18. The van der Waals surface area contributed by atoms with Gasteiger partial charge in [0.2, 0.25) is 0 Å². The number of hydrogen-bond donors (Lipinski definition) is 0. The van der Waals surface area contributed by atoms with Gasteiger partial charge in [0.1, 0.15) is 12.4 Å². The standard InChI is InChI=1S/C34H37ClN2O2S/c1-33(2,3)20-31-32(40(38)34(4,5)6)28-19-27(39-22-26-16-13-24-9-7-8-10-29(24)36-26)17-18-30(28)37(31)21-23-11-14-25(35)15-12-23/h7-19H,20-22H2,1-6H3. The summed E-state index contributed by atoms with van der Waals surface area (Å²) in [5.74, 6) is 0.737. The Morgan fingerprint density at radius 3 is 2.33 bits per heavy atom. The minimum absolute atomic E-state index is 0.00401. The van der Waals surface area contributed by atoms with Crippen molar-refractivity contribution in [1.82, 2.24) is 9.55 Å². The van der Waals surface area contributed by atoms with Crippen LogP contribution < -0.4 is 4.74 Å². The molecular weight excluding hydrogens is 536 g/mol. The monoisotopic (exact) mass is 572 g/mol. The first kappa shape index (κ1) is 28.4. The molecule has 1 atom stereocenters. The Bertz CT molecular complexity index is 1690. The van der Waals surface area contributed by atoms with Crippen molar-refractivity contribution in [1.29, 1.82) is 0 Å². The van der Waals surface area contributed by atoms with Crippen LogP contribution in [-0.2, 0) is 30.4 Å². The maximum Gasteiger partial charge on any atom is 0.130 e. The smallest absolute Gasteiger partial charge is 0.130 e. The number of halogens is 1. The summed E-state index contributed by atoms with van der Waals surface area (Å²) in [4.78, 5) is 5.66. The zero-order chi connectivity index (χ0) is 28.7. The summed E-state index contributed by atoms with van der Waals surface area (Å²) < 4.78 is 22.3. The molecule has 5 aromatic rings. The second kappa shape index (κ2) is 11.0. The minimum Gasteiger partial charge on any atom is -0.487 e. The number of fused-ring (bicyclic) bond motifs is 2. The Balaban J connectivity index is 1.60. The first-order valence-corrected chi connectivity index (χ1v) is 15.2. The van der Waals surface area contributed by atoms with Gasteiger partial charge in [-0.15, -0.1) is 0 Å². The fourth-order valence-electron chi connectivity index (χ4n) is 4.94. The van der Waals surface area contributed by atoms with E-state index in [0.717, 1.165) is 55.8 Å². The van der Waals surface area contributed by atoms with E-state index in [1.807, 2.05) is 63.2 Å². The second-order valence-electron chi connectivity index (χ2n) is 12.6. The van der Waals surface area contributed by atoms with Crippen LogP contribution in [0.2, 0.25) is 5.02 Å². The topological polar surface area (TPSA) is 44.1 Å². The van der Waals surface area contributed by atoms with E-state index in [1.165, 1.54) is 0 Å². The molecule has 5 rings (SSSR count). The highest BCUT2D eigenvalue weighted by atomic mass is 35.5. The van der Waals surface area contributed by atoms with Crippen LogP contribution in [0.1, 0.15) is 58.5 Å². The predicted octanol–water partition coefficient (Wildman–Crippen LogP) is 8.96. The van der Waals surface area contributed by atoms with Gasteiger partial charge in [-0.1, -0.05) is 68.8 Å². The highest BCUT2D eigenvalue weighted by Gasteiger charge is 2.31. The fourth-order valence-corrected chi connectivity index (χ4v) is 6.43. The van der Waals surface area contributed by atoms with Gasteiger partial charge in [-0.2, -0.15) is 0 Å². The lowest BCUT2D eigenvalue weighted by molar-refractivity contribution is 0.302. The number of hydrogen-bond acceptors (Lipinski definition) is 3. The Morgan fingerprint density at radius 2 is 1.62 bits per heavy atom. The van der Waals surface area contributed by atoms with E-state index in [-0.39, 0.29) is 5.41 Å². The van der Waals surface area contributed by atoms with E-state index in [2.05, 4.69) is 61.7 Å². The van der Waals surface area contributed by atoms with E-state index < -0.39 is 15.5 Å². The van der Waals surface area contributed by atoms with Gasteiger partial charge in [0, 0.05) is 32.8 Å². The van der Waals surface area contributed by atoms with Crippen LogP contribution in [0.5, 0.6) is 5.75 Å². The first-order chi connectivity index (χ1) is 18.9. The number of benzene rings is 3. The van der Waals surface area contributed by atoms with Crippen molar-refractivity contribution in [2.75, 3.05) is 0 Å². The van der Waals surface area contributed by atoms with Crippen molar-refractivity contribution in [3.8, 4) is 5.75 Å². The third kappa shape index (κ3) is 6.26.